The van der Waals surface area contributed by atoms with Crippen molar-refractivity contribution in [3.05, 3.63) is 30.0 Å². The maximum atomic E-state index is 12.2. The molecule has 0 fully saturated rings. The molecule has 1 unspecified atom stereocenters. The van der Waals surface area contributed by atoms with Crippen LogP contribution in [0, 0.1) is 0 Å². The van der Waals surface area contributed by atoms with Crippen molar-refractivity contribution in [1.29, 1.82) is 0 Å². The Kier molecular flexibility index (Phi) is 3.30. The molecule has 0 aliphatic rings. The summed E-state index contributed by atoms with van der Waals surface area (Å²) in [4.78, 5) is 0. The van der Waals surface area contributed by atoms with E-state index >= 15 is 0 Å². The molecule has 18 heavy (non-hydrogen) atoms. The fourth-order valence-corrected chi connectivity index (χ4v) is 2.06. The molecule has 0 bridgehead atoms. The lowest BCUT2D eigenvalue weighted by molar-refractivity contribution is -0.138. The monoisotopic (exact) mass is 257 g/mol. The van der Waals surface area contributed by atoms with E-state index in [1.165, 1.54) is 0 Å². The highest BCUT2D eigenvalue weighted by Gasteiger charge is 2.30. The Morgan fingerprint density at radius 1 is 1.33 bits per heavy atom. The van der Waals surface area contributed by atoms with Crippen LogP contribution in [0.4, 0.5) is 13.2 Å². The minimum Gasteiger partial charge on any atom is -0.327 e. The Balaban J connectivity index is 2.22. The van der Waals surface area contributed by atoms with E-state index in [2.05, 4.69) is 5.10 Å². The zero-order valence-electron chi connectivity index (χ0n) is 9.91. The summed E-state index contributed by atoms with van der Waals surface area (Å²) in [6.45, 7) is 0. The second kappa shape index (κ2) is 4.61. The summed E-state index contributed by atoms with van der Waals surface area (Å²) in [7, 11) is 1.76. The number of hydrogen-bond acceptors (Lipinski definition) is 2. The molecule has 0 aliphatic heterocycles. The molecule has 0 amide bonds. The Bertz CT molecular complexity index is 545. The van der Waals surface area contributed by atoms with Gasteiger partial charge in [-0.15, -0.1) is 0 Å². The van der Waals surface area contributed by atoms with Gasteiger partial charge < -0.3 is 5.73 Å². The number of fused-ring (bicyclic) bond motifs is 1. The van der Waals surface area contributed by atoms with Gasteiger partial charge in [-0.25, -0.2) is 0 Å². The minimum absolute atomic E-state index is 0.126. The van der Waals surface area contributed by atoms with Crippen LogP contribution in [0.1, 0.15) is 12.1 Å². The molecule has 0 saturated heterocycles. The standard InChI is InChI=1S/C12H14F3N3/c1-18-11-5-3-2-4-9(11)10(17-18)6-8(16)7-12(13,14)15/h2-5,8H,6-7,16H2,1H3. The molecule has 6 heteroatoms. The SMILES string of the molecule is Cn1nc(CC(N)CC(F)(F)F)c2ccccc21. The molecule has 3 nitrogen and oxygen atoms in total. The number of nitrogens with two attached hydrogens (primary N) is 1. The maximum absolute atomic E-state index is 12.2. The lowest BCUT2D eigenvalue weighted by Gasteiger charge is -2.12. The van der Waals surface area contributed by atoms with Gasteiger partial charge in [0.25, 0.3) is 0 Å². The lowest BCUT2D eigenvalue weighted by Crippen LogP contribution is -2.29. The van der Waals surface area contributed by atoms with Crippen LogP contribution < -0.4 is 5.73 Å². The third-order valence-electron chi connectivity index (χ3n) is 2.78. The fourth-order valence-electron chi connectivity index (χ4n) is 2.06. The average Bonchev–Trinajstić information content (AvgIpc) is 2.54. The number of alkyl halides is 3. The second-order valence-electron chi connectivity index (χ2n) is 4.37. The first-order valence-corrected chi connectivity index (χ1v) is 5.60. The fraction of sp³-hybridized carbons (Fsp3) is 0.417. The van der Waals surface area contributed by atoms with Crippen LogP contribution in [0.3, 0.4) is 0 Å². The second-order valence-corrected chi connectivity index (χ2v) is 4.37. The van der Waals surface area contributed by atoms with E-state index in [9.17, 15) is 13.2 Å². The van der Waals surface area contributed by atoms with Crippen molar-refractivity contribution in [3.63, 3.8) is 0 Å². The van der Waals surface area contributed by atoms with E-state index in [1.54, 1.807) is 11.7 Å². The quantitative estimate of drug-likeness (QED) is 0.917. The van der Waals surface area contributed by atoms with Gasteiger partial charge in [0.05, 0.1) is 17.6 Å². The van der Waals surface area contributed by atoms with Crippen LogP contribution in [-0.2, 0) is 13.5 Å². The van der Waals surface area contributed by atoms with Crippen molar-refractivity contribution < 1.29 is 13.2 Å². The first kappa shape index (κ1) is 12.9. The van der Waals surface area contributed by atoms with E-state index < -0.39 is 18.6 Å². The van der Waals surface area contributed by atoms with Gasteiger partial charge in [-0.3, -0.25) is 4.68 Å². The number of halogens is 3. The van der Waals surface area contributed by atoms with Gasteiger partial charge in [0.2, 0.25) is 0 Å². The summed E-state index contributed by atoms with van der Waals surface area (Å²) in [6.07, 6.45) is -5.09. The number of aryl methyl sites for hydroxylation is 1. The molecule has 0 aliphatic carbocycles. The first-order valence-electron chi connectivity index (χ1n) is 5.60. The number of aromatic nitrogens is 2. The van der Waals surface area contributed by atoms with Gasteiger partial charge in [-0.1, -0.05) is 18.2 Å². The van der Waals surface area contributed by atoms with Crippen molar-refractivity contribution in [2.75, 3.05) is 0 Å². The Morgan fingerprint density at radius 2 is 2.00 bits per heavy atom. The van der Waals surface area contributed by atoms with Crippen molar-refractivity contribution in [1.82, 2.24) is 9.78 Å². The molecule has 0 saturated carbocycles. The summed E-state index contributed by atoms with van der Waals surface area (Å²) in [5, 5.41) is 5.09. The minimum atomic E-state index is -4.23. The van der Waals surface area contributed by atoms with Crippen LogP contribution in [0.2, 0.25) is 0 Å². The van der Waals surface area contributed by atoms with E-state index in [4.69, 9.17) is 5.73 Å². The van der Waals surface area contributed by atoms with E-state index in [0.717, 1.165) is 10.9 Å². The summed E-state index contributed by atoms with van der Waals surface area (Å²) in [5.41, 5.74) is 7.03. The summed E-state index contributed by atoms with van der Waals surface area (Å²) >= 11 is 0. The molecule has 2 aromatic rings. The molecule has 2 N–H and O–H groups in total. The summed E-state index contributed by atoms with van der Waals surface area (Å²) in [6, 6.07) is 6.47. The van der Waals surface area contributed by atoms with Crippen molar-refractivity contribution in [2.45, 2.75) is 25.1 Å². The molecular weight excluding hydrogens is 243 g/mol. The zero-order chi connectivity index (χ0) is 13.3. The lowest BCUT2D eigenvalue weighted by atomic mass is 10.1. The highest BCUT2D eigenvalue weighted by molar-refractivity contribution is 5.81. The van der Waals surface area contributed by atoms with Crippen molar-refractivity contribution >= 4 is 10.9 Å². The molecule has 1 heterocycles. The highest BCUT2D eigenvalue weighted by Crippen LogP contribution is 2.24. The van der Waals surface area contributed by atoms with Crippen LogP contribution >= 0.6 is 0 Å². The first-order chi connectivity index (χ1) is 8.37. The van der Waals surface area contributed by atoms with Gasteiger partial charge in [0, 0.05) is 24.9 Å². The third kappa shape index (κ3) is 2.81. The molecule has 98 valence electrons. The van der Waals surface area contributed by atoms with E-state index in [-0.39, 0.29) is 6.42 Å². The van der Waals surface area contributed by atoms with Crippen molar-refractivity contribution in [2.24, 2.45) is 12.8 Å². The van der Waals surface area contributed by atoms with Crippen LogP contribution in [-0.4, -0.2) is 22.0 Å². The Morgan fingerprint density at radius 3 is 2.67 bits per heavy atom. The van der Waals surface area contributed by atoms with Crippen molar-refractivity contribution in [3.8, 4) is 0 Å². The van der Waals surface area contributed by atoms with Crippen LogP contribution in [0.5, 0.6) is 0 Å². The molecule has 2 rings (SSSR count). The molecule has 1 aromatic carbocycles. The topological polar surface area (TPSA) is 43.8 Å². The summed E-state index contributed by atoms with van der Waals surface area (Å²) < 4.78 is 38.3. The number of benzene rings is 1. The number of rotatable bonds is 3. The molecule has 0 radical (unpaired) electrons. The van der Waals surface area contributed by atoms with Gasteiger partial charge in [-0.05, 0) is 6.07 Å². The highest BCUT2D eigenvalue weighted by atomic mass is 19.4. The van der Waals surface area contributed by atoms with Gasteiger partial charge in [0.1, 0.15) is 0 Å². The number of nitrogens with zero attached hydrogens (tertiary/aromatic N) is 2. The van der Waals surface area contributed by atoms with Crippen LogP contribution in [0.25, 0.3) is 10.9 Å². The zero-order valence-corrected chi connectivity index (χ0v) is 9.91. The Labute approximate surface area is 102 Å². The van der Waals surface area contributed by atoms with E-state index in [1.807, 2.05) is 24.3 Å². The average molecular weight is 257 g/mol. The molecule has 0 spiro atoms. The van der Waals surface area contributed by atoms with Gasteiger partial charge >= 0.3 is 6.18 Å². The summed E-state index contributed by atoms with van der Waals surface area (Å²) in [5.74, 6) is 0. The maximum Gasteiger partial charge on any atom is 0.390 e. The molecule has 1 aromatic heterocycles. The van der Waals surface area contributed by atoms with Crippen LogP contribution in [0.15, 0.2) is 24.3 Å². The Hall–Kier alpha value is -1.56. The molecular formula is C12H14F3N3. The van der Waals surface area contributed by atoms with Gasteiger partial charge in [-0.2, -0.15) is 18.3 Å². The molecule has 1 atom stereocenters. The smallest absolute Gasteiger partial charge is 0.327 e. The third-order valence-corrected chi connectivity index (χ3v) is 2.78. The van der Waals surface area contributed by atoms with E-state index in [0.29, 0.717) is 5.69 Å². The number of para-hydroxylation sites is 1. The normalized spacial score (nSPS) is 14.1. The number of hydrogen-bond donors (Lipinski definition) is 1. The largest absolute Gasteiger partial charge is 0.390 e. The predicted octanol–water partition coefficient (Wildman–Crippen LogP) is 2.40. The predicted molar refractivity (Wildman–Crippen MR) is 63.1 cm³/mol. The van der Waals surface area contributed by atoms with Gasteiger partial charge in [0.15, 0.2) is 0 Å².